The summed E-state index contributed by atoms with van der Waals surface area (Å²) in [6.45, 7) is 2.12. The molecule has 4 atom stereocenters. The number of urea groups is 1. The number of carbonyl (C=O) groups is 2. The third-order valence-corrected chi connectivity index (χ3v) is 6.09. The molecular formula is C14H22N4O7S. The van der Waals surface area contributed by atoms with Crippen LogP contribution in [-0.4, -0.2) is 72.7 Å². The highest BCUT2D eigenvalue weighted by molar-refractivity contribution is 7.80. The van der Waals surface area contributed by atoms with Crippen LogP contribution in [0.2, 0.25) is 0 Å². The number of nitrogens with zero attached hydrogens (tertiary/aromatic N) is 2. The molecule has 11 nitrogen and oxygen atoms in total. The third-order valence-electron chi connectivity index (χ3n) is 5.74. The predicted molar refractivity (Wildman–Crippen MR) is 85.5 cm³/mol. The van der Waals surface area contributed by atoms with Gasteiger partial charge in [-0.25, -0.2) is 10.3 Å². The van der Waals surface area contributed by atoms with E-state index in [1.165, 1.54) is 4.90 Å². The van der Waals surface area contributed by atoms with Crippen molar-refractivity contribution < 1.29 is 31.7 Å². The summed E-state index contributed by atoms with van der Waals surface area (Å²) in [5.41, 5.74) is 2.47. The Kier molecular flexibility index (Phi) is 4.55. The Morgan fingerprint density at radius 2 is 1.92 bits per heavy atom. The summed E-state index contributed by atoms with van der Waals surface area (Å²) in [4.78, 5) is 31.6. The topological polar surface area (TPSA) is 138 Å². The van der Waals surface area contributed by atoms with Gasteiger partial charge in [0.2, 0.25) is 0 Å². The quantitative estimate of drug-likeness (QED) is 0.403. The Morgan fingerprint density at radius 3 is 2.58 bits per heavy atom. The zero-order chi connectivity index (χ0) is 18.5. The Balaban J connectivity index is 1.32. The van der Waals surface area contributed by atoms with Crippen molar-refractivity contribution in [1.82, 2.24) is 20.8 Å². The maximum Gasteiger partial charge on any atom is 0.418 e. The van der Waals surface area contributed by atoms with Gasteiger partial charge in [-0.2, -0.15) is 13.5 Å². The number of hydrogen-bond donors (Lipinski definition) is 3. The zero-order valence-electron chi connectivity index (χ0n) is 14.0. The second-order valence-electron chi connectivity index (χ2n) is 7.37. The fourth-order valence-corrected chi connectivity index (χ4v) is 4.91. The molecule has 1 aliphatic carbocycles. The highest BCUT2D eigenvalue weighted by Gasteiger charge is 2.49. The average molecular weight is 390 g/mol. The van der Waals surface area contributed by atoms with Gasteiger partial charge < -0.3 is 10.2 Å². The van der Waals surface area contributed by atoms with Crippen LogP contribution in [0.15, 0.2) is 0 Å². The lowest BCUT2D eigenvalue weighted by atomic mass is 10.0. The normalized spacial score (nSPS) is 36.5. The van der Waals surface area contributed by atoms with Crippen molar-refractivity contribution in [2.75, 3.05) is 19.6 Å². The number of carbonyl (C=O) groups excluding carboxylic acids is 2. The molecule has 146 valence electrons. The van der Waals surface area contributed by atoms with Crippen molar-refractivity contribution in [3.8, 4) is 0 Å². The van der Waals surface area contributed by atoms with E-state index in [9.17, 15) is 18.0 Å². The minimum absolute atomic E-state index is 0.0268. The predicted octanol–water partition coefficient (Wildman–Crippen LogP) is -0.965. The van der Waals surface area contributed by atoms with Crippen LogP contribution in [0.4, 0.5) is 4.79 Å². The minimum atomic E-state index is -4.80. The van der Waals surface area contributed by atoms with E-state index in [4.69, 9.17) is 9.39 Å². The number of amides is 3. The molecule has 26 heavy (non-hydrogen) atoms. The second kappa shape index (κ2) is 6.60. The number of rotatable bonds is 5. The SMILES string of the molecule is O=C(NOC1CC2CNCC2C1)[C@@H]1CCC2CN1C(=O)N2OS(=O)(=O)O. The Morgan fingerprint density at radius 1 is 1.23 bits per heavy atom. The van der Waals surface area contributed by atoms with Gasteiger partial charge in [-0.05, 0) is 50.6 Å². The van der Waals surface area contributed by atoms with Gasteiger partial charge in [-0.15, -0.1) is 4.28 Å². The molecular weight excluding hydrogens is 368 g/mol. The smallest absolute Gasteiger partial charge is 0.316 e. The number of hydrogen-bond acceptors (Lipinski definition) is 7. The van der Waals surface area contributed by atoms with Gasteiger partial charge in [-0.1, -0.05) is 0 Å². The van der Waals surface area contributed by atoms with Gasteiger partial charge in [0, 0.05) is 6.54 Å². The van der Waals surface area contributed by atoms with Crippen molar-refractivity contribution in [1.29, 1.82) is 0 Å². The van der Waals surface area contributed by atoms with Gasteiger partial charge >= 0.3 is 16.4 Å². The molecule has 3 unspecified atom stereocenters. The van der Waals surface area contributed by atoms with Crippen molar-refractivity contribution in [2.45, 2.75) is 43.9 Å². The van der Waals surface area contributed by atoms with Gasteiger partial charge in [-0.3, -0.25) is 14.2 Å². The number of piperidine rings is 1. The minimum Gasteiger partial charge on any atom is -0.316 e. The van der Waals surface area contributed by atoms with Gasteiger partial charge in [0.05, 0.1) is 12.1 Å². The molecule has 4 fully saturated rings. The molecule has 4 aliphatic rings. The molecule has 0 radical (unpaired) electrons. The third kappa shape index (κ3) is 3.39. The number of hydroxylamine groups is 3. The van der Waals surface area contributed by atoms with E-state index in [0.717, 1.165) is 25.9 Å². The lowest BCUT2D eigenvalue weighted by Crippen LogP contribution is -2.50. The average Bonchev–Trinajstić information content (AvgIpc) is 3.22. The molecule has 1 saturated carbocycles. The molecule has 3 heterocycles. The molecule has 3 N–H and O–H groups in total. The van der Waals surface area contributed by atoms with Crippen LogP contribution in [0, 0.1) is 11.8 Å². The molecule has 4 rings (SSSR count). The Hall–Kier alpha value is -1.47. The van der Waals surface area contributed by atoms with E-state index in [2.05, 4.69) is 15.1 Å². The van der Waals surface area contributed by atoms with Crippen LogP contribution in [0.1, 0.15) is 25.7 Å². The number of fused-ring (bicyclic) bond motifs is 3. The molecule has 12 heteroatoms. The van der Waals surface area contributed by atoms with Crippen LogP contribution < -0.4 is 10.8 Å². The lowest BCUT2D eigenvalue weighted by molar-refractivity contribution is -0.143. The van der Waals surface area contributed by atoms with Crippen LogP contribution >= 0.6 is 0 Å². The van der Waals surface area contributed by atoms with E-state index in [1.807, 2.05) is 0 Å². The summed E-state index contributed by atoms with van der Waals surface area (Å²) in [6.07, 6.45) is 2.50. The van der Waals surface area contributed by atoms with Gasteiger partial charge in [0.15, 0.2) is 0 Å². The first-order valence-corrected chi connectivity index (χ1v) is 10.1. The Labute approximate surface area is 150 Å². The molecule has 2 bridgehead atoms. The van der Waals surface area contributed by atoms with E-state index in [1.54, 1.807) is 0 Å². The molecule has 0 aromatic heterocycles. The summed E-state index contributed by atoms with van der Waals surface area (Å²) in [6, 6.07) is -2.03. The first-order valence-electron chi connectivity index (χ1n) is 8.75. The maximum absolute atomic E-state index is 12.5. The zero-order valence-corrected chi connectivity index (χ0v) is 14.9. The first kappa shape index (κ1) is 17.9. The number of nitrogens with one attached hydrogen (secondary N) is 2. The lowest BCUT2D eigenvalue weighted by Gasteiger charge is -2.29. The van der Waals surface area contributed by atoms with E-state index < -0.39 is 34.4 Å². The van der Waals surface area contributed by atoms with Gasteiger partial charge in [0.25, 0.3) is 5.91 Å². The second-order valence-corrected chi connectivity index (χ2v) is 8.37. The van der Waals surface area contributed by atoms with Crippen molar-refractivity contribution in [3.05, 3.63) is 0 Å². The summed E-state index contributed by atoms with van der Waals surface area (Å²) in [5.74, 6) is 0.734. The molecule has 0 aromatic rings. The summed E-state index contributed by atoms with van der Waals surface area (Å²) >= 11 is 0. The first-order chi connectivity index (χ1) is 12.3. The molecule has 3 amide bonds. The molecule has 3 aliphatic heterocycles. The van der Waals surface area contributed by atoms with Crippen molar-refractivity contribution >= 4 is 22.3 Å². The molecule has 3 saturated heterocycles. The van der Waals surface area contributed by atoms with E-state index in [0.29, 0.717) is 29.7 Å². The van der Waals surface area contributed by atoms with Crippen LogP contribution in [0.25, 0.3) is 0 Å². The largest absolute Gasteiger partial charge is 0.418 e. The Bertz CT molecular complexity index is 689. The fourth-order valence-electron chi connectivity index (χ4n) is 4.52. The van der Waals surface area contributed by atoms with Crippen LogP contribution in [0.5, 0.6) is 0 Å². The van der Waals surface area contributed by atoms with E-state index >= 15 is 0 Å². The van der Waals surface area contributed by atoms with Crippen molar-refractivity contribution in [2.24, 2.45) is 11.8 Å². The maximum atomic E-state index is 12.5. The molecule has 0 spiro atoms. The summed E-state index contributed by atoms with van der Waals surface area (Å²) in [7, 11) is -4.80. The molecule has 0 aromatic carbocycles. The summed E-state index contributed by atoms with van der Waals surface area (Å²) < 4.78 is 34.9. The van der Waals surface area contributed by atoms with Gasteiger partial charge in [0.1, 0.15) is 6.04 Å². The monoisotopic (exact) mass is 390 g/mol. The van der Waals surface area contributed by atoms with Crippen LogP contribution in [0.3, 0.4) is 0 Å². The summed E-state index contributed by atoms with van der Waals surface area (Å²) in [5, 5.41) is 3.96. The standard InChI is InChI=1S/C14H22N4O7S/c19-13(16-24-11-3-8-5-15-6-9(8)4-11)12-2-1-10-7-17(12)14(20)18(10)25-26(21,22)23/h8-12,15H,1-7H2,(H,16,19)(H,21,22,23)/t8?,9?,10?,11?,12-/m0/s1. The van der Waals surface area contributed by atoms with Crippen LogP contribution in [-0.2, 0) is 24.3 Å². The highest BCUT2D eigenvalue weighted by Crippen LogP contribution is 2.36. The van der Waals surface area contributed by atoms with Crippen molar-refractivity contribution in [3.63, 3.8) is 0 Å². The fraction of sp³-hybridized carbons (Fsp3) is 0.857. The van der Waals surface area contributed by atoms with E-state index in [-0.39, 0.29) is 12.6 Å². The highest BCUT2D eigenvalue weighted by atomic mass is 32.3.